The van der Waals surface area contributed by atoms with Gasteiger partial charge >= 0.3 is 0 Å². The molecular weight excluding hydrogens is 380 g/mol. The van der Waals surface area contributed by atoms with Crippen molar-refractivity contribution in [2.45, 2.75) is 31.4 Å². The third-order valence-electron chi connectivity index (χ3n) is 4.82. The van der Waals surface area contributed by atoms with Crippen molar-refractivity contribution in [2.75, 3.05) is 13.2 Å². The maximum atomic E-state index is 12.6. The van der Waals surface area contributed by atoms with E-state index in [1.54, 1.807) is 18.2 Å². The summed E-state index contributed by atoms with van der Waals surface area (Å²) in [5, 5.41) is 25.3. The summed E-state index contributed by atoms with van der Waals surface area (Å²) < 4.78 is 0. The number of nitrogens with one attached hydrogen (secondary N) is 2. The van der Waals surface area contributed by atoms with E-state index >= 15 is 0 Å². The van der Waals surface area contributed by atoms with E-state index in [1.807, 2.05) is 48.5 Å². The van der Waals surface area contributed by atoms with Crippen LogP contribution in [0.5, 0.6) is 0 Å². The molecule has 2 rings (SSSR count). The molecule has 0 bridgehead atoms. The zero-order chi connectivity index (χ0) is 21.8. The van der Waals surface area contributed by atoms with Crippen LogP contribution >= 0.6 is 0 Å². The van der Waals surface area contributed by atoms with Gasteiger partial charge in [-0.3, -0.25) is 9.59 Å². The topological polar surface area (TPSA) is 98.7 Å². The van der Waals surface area contributed by atoms with Crippen LogP contribution in [0.1, 0.15) is 30.1 Å². The van der Waals surface area contributed by atoms with Gasteiger partial charge in [-0.05, 0) is 24.0 Å². The summed E-state index contributed by atoms with van der Waals surface area (Å²) in [7, 11) is 0. The highest BCUT2D eigenvalue weighted by molar-refractivity contribution is 5.86. The first-order chi connectivity index (χ1) is 14.5. The van der Waals surface area contributed by atoms with E-state index in [4.69, 9.17) is 0 Å². The molecule has 2 aromatic rings. The van der Waals surface area contributed by atoms with Gasteiger partial charge in [0.05, 0.1) is 24.7 Å². The van der Waals surface area contributed by atoms with Crippen molar-refractivity contribution >= 4 is 11.8 Å². The second kappa shape index (κ2) is 12.6. The number of carbonyl (C=O) groups excluding carboxylic acids is 2. The number of carbonyl (C=O) groups is 2. The molecule has 6 heteroatoms. The van der Waals surface area contributed by atoms with E-state index in [2.05, 4.69) is 17.2 Å². The normalized spacial score (nSPS) is 13.7. The maximum absolute atomic E-state index is 12.6. The molecule has 2 aromatic carbocycles. The molecular formula is C24H30N2O4. The van der Waals surface area contributed by atoms with Gasteiger partial charge in [-0.15, -0.1) is 6.58 Å². The van der Waals surface area contributed by atoms with E-state index in [0.717, 1.165) is 5.56 Å². The predicted octanol–water partition coefficient (Wildman–Crippen LogP) is 2.14. The number of aliphatic hydroxyl groups is 2. The molecule has 0 aliphatic heterocycles. The molecule has 0 aliphatic carbocycles. The predicted molar refractivity (Wildman–Crippen MR) is 116 cm³/mol. The molecule has 4 N–H and O–H groups in total. The van der Waals surface area contributed by atoms with E-state index in [-0.39, 0.29) is 31.4 Å². The maximum Gasteiger partial charge on any atom is 0.224 e. The minimum Gasteiger partial charge on any atom is -0.394 e. The van der Waals surface area contributed by atoms with Gasteiger partial charge in [0, 0.05) is 13.0 Å². The van der Waals surface area contributed by atoms with Gasteiger partial charge in [0.2, 0.25) is 11.8 Å². The lowest BCUT2D eigenvalue weighted by Crippen LogP contribution is -2.42. The molecule has 0 saturated heterocycles. The van der Waals surface area contributed by atoms with Crippen LogP contribution in [0.4, 0.5) is 0 Å². The fraction of sp³-hybridized carbons (Fsp3) is 0.333. The fourth-order valence-electron chi connectivity index (χ4n) is 3.19. The summed E-state index contributed by atoms with van der Waals surface area (Å²) in [5.74, 6) is -1.22. The Bertz CT molecular complexity index is 795. The highest BCUT2D eigenvalue weighted by Crippen LogP contribution is 2.14. The number of rotatable bonds is 12. The van der Waals surface area contributed by atoms with Crippen molar-refractivity contribution in [3.8, 4) is 0 Å². The second-order valence-electron chi connectivity index (χ2n) is 7.23. The first-order valence-electron chi connectivity index (χ1n) is 10.1. The summed E-state index contributed by atoms with van der Waals surface area (Å²) in [6.07, 6.45) is 1.59. The molecule has 0 heterocycles. The molecule has 0 unspecified atom stereocenters. The van der Waals surface area contributed by atoms with Crippen LogP contribution < -0.4 is 10.6 Å². The molecule has 3 atom stereocenters. The summed E-state index contributed by atoms with van der Waals surface area (Å²) in [6.45, 7) is 3.53. The van der Waals surface area contributed by atoms with Crippen LogP contribution in [0, 0.1) is 5.92 Å². The minimum atomic E-state index is -0.821. The lowest BCUT2D eigenvalue weighted by Gasteiger charge is -2.20. The van der Waals surface area contributed by atoms with Gasteiger partial charge in [-0.2, -0.15) is 0 Å². The van der Waals surface area contributed by atoms with Crippen LogP contribution in [-0.4, -0.2) is 41.2 Å². The van der Waals surface area contributed by atoms with Crippen molar-refractivity contribution in [2.24, 2.45) is 5.92 Å². The Labute approximate surface area is 177 Å². The standard InChI is InChI=1S/C24H30N2O4/c1-2-9-20(24(30)25-16-22(28)19-12-7-4-8-13-19)15-23(29)26-21(17-27)14-18-10-5-3-6-11-18/h2-8,10-13,20-22,27-28H,1,9,14-17H2,(H,25,30)(H,26,29)/t20-,21-,22+/m1/s1. The summed E-state index contributed by atoms with van der Waals surface area (Å²) in [4.78, 5) is 25.0. The summed E-state index contributed by atoms with van der Waals surface area (Å²) in [5.41, 5.74) is 1.72. The number of benzene rings is 2. The van der Waals surface area contributed by atoms with E-state index in [0.29, 0.717) is 18.4 Å². The van der Waals surface area contributed by atoms with E-state index in [9.17, 15) is 19.8 Å². The zero-order valence-electron chi connectivity index (χ0n) is 17.0. The number of hydrogen-bond donors (Lipinski definition) is 4. The average molecular weight is 411 g/mol. The van der Waals surface area contributed by atoms with Gasteiger partial charge in [0.15, 0.2) is 0 Å². The molecule has 0 saturated carbocycles. The molecule has 0 fully saturated rings. The van der Waals surface area contributed by atoms with E-state index < -0.39 is 18.1 Å². The van der Waals surface area contributed by atoms with Crippen LogP contribution in [-0.2, 0) is 16.0 Å². The minimum absolute atomic E-state index is 0.0232. The average Bonchev–Trinajstić information content (AvgIpc) is 2.77. The highest BCUT2D eigenvalue weighted by atomic mass is 16.3. The van der Waals surface area contributed by atoms with Gasteiger partial charge in [0.1, 0.15) is 0 Å². The molecule has 0 aliphatic rings. The molecule has 2 amide bonds. The first-order valence-corrected chi connectivity index (χ1v) is 10.1. The molecule has 0 radical (unpaired) electrons. The van der Waals surface area contributed by atoms with Crippen molar-refractivity contribution in [1.29, 1.82) is 0 Å². The van der Waals surface area contributed by atoms with Crippen LogP contribution in [0.3, 0.4) is 0 Å². The number of aliphatic hydroxyl groups excluding tert-OH is 2. The highest BCUT2D eigenvalue weighted by Gasteiger charge is 2.23. The van der Waals surface area contributed by atoms with Crippen molar-refractivity contribution in [1.82, 2.24) is 10.6 Å². The van der Waals surface area contributed by atoms with Gasteiger partial charge in [-0.25, -0.2) is 0 Å². The number of allylic oxidation sites excluding steroid dienone is 1. The Morgan fingerprint density at radius 3 is 2.27 bits per heavy atom. The smallest absolute Gasteiger partial charge is 0.224 e. The molecule has 30 heavy (non-hydrogen) atoms. The Hall–Kier alpha value is -2.96. The molecule has 0 aromatic heterocycles. The van der Waals surface area contributed by atoms with Gasteiger partial charge in [0.25, 0.3) is 0 Å². The Kier molecular flexibility index (Phi) is 9.77. The zero-order valence-corrected chi connectivity index (χ0v) is 17.0. The second-order valence-corrected chi connectivity index (χ2v) is 7.23. The summed E-state index contributed by atoms with van der Waals surface area (Å²) >= 11 is 0. The van der Waals surface area contributed by atoms with Crippen molar-refractivity contribution in [3.05, 3.63) is 84.4 Å². The largest absolute Gasteiger partial charge is 0.394 e. The third kappa shape index (κ3) is 7.81. The lowest BCUT2D eigenvalue weighted by molar-refractivity contribution is -0.131. The quantitative estimate of drug-likeness (QED) is 0.403. The monoisotopic (exact) mass is 410 g/mol. The van der Waals surface area contributed by atoms with Crippen molar-refractivity contribution < 1.29 is 19.8 Å². The van der Waals surface area contributed by atoms with Crippen molar-refractivity contribution in [3.63, 3.8) is 0 Å². The van der Waals surface area contributed by atoms with Crippen LogP contribution in [0.25, 0.3) is 0 Å². The third-order valence-corrected chi connectivity index (χ3v) is 4.82. The fourth-order valence-corrected chi connectivity index (χ4v) is 3.19. The number of amides is 2. The molecule has 0 spiro atoms. The van der Waals surface area contributed by atoms with Gasteiger partial charge < -0.3 is 20.8 Å². The molecule has 160 valence electrons. The summed E-state index contributed by atoms with van der Waals surface area (Å²) in [6, 6.07) is 18.2. The Morgan fingerprint density at radius 2 is 1.67 bits per heavy atom. The van der Waals surface area contributed by atoms with E-state index in [1.165, 1.54) is 0 Å². The van der Waals surface area contributed by atoms with Crippen LogP contribution in [0.15, 0.2) is 73.3 Å². The Morgan fingerprint density at radius 1 is 1.03 bits per heavy atom. The molecule has 6 nitrogen and oxygen atoms in total. The number of hydrogen-bond acceptors (Lipinski definition) is 4. The lowest BCUT2D eigenvalue weighted by atomic mass is 9.98. The SMILES string of the molecule is C=CC[C@H](CC(=O)N[C@@H](CO)Cc1ccccc1)C(=O)NC[C@H](O)c1ccccc1. The first kappa shape index (κ1) is 23.3. The van der Waals surface area contributed by atoms with Crippen LogP contribution in [0.2, 0.25) is 0 Å². The Balaban J connectivity index is 1.87. The van der Waals surface area contributed by atoms with Gasteiger partial charge in [-0.1, -0.05) is 66.7 Å².